The lowest BCUT2D eigenvalue weighted by Crippen LogP contribution is -2.36. The van der Waals surface area contributed by atoms with Crippen molar-refractivity contribution >= 4 is 5.91 Å². The average Bonchev–Trinajstić information content (AvgIpc) is 3.09. The number of hydrogen-bond acceptors (Lipinski definition) is 2. The smallest absolute Gasteiger partial charge is 0.251 e. The Kier molecular flexibility index (Phi) is 5.20. The van der Waals surface area contributed by atoms with Crippen LogP contribution in [0.15, 0.2) is 48.5 Å². The van der Waals surface area contributed by atoms with Crippen LogP contribution in [0.4, 0.5) is 8.78 Å². The van der Waals surface area contributed by atoms with Crippen LogP contribution in [0.3, 0.4) is 0 Å². The summed E-state index contributed by atoms with van der Waals surface area (Å²) < 4.78 is 26.5. The Morgan fingerprint density at radius 1 is 1.04 bits per heavy atom. The van der Waals surface area contributed by atoms with Gasteiger partial charge in [-0.25, -0.2) is 8.78 Å². The Labute approximate surface area is 140 Å². The van der Waals surface area contributed by atoms with Crippen LogP contribution >= 0.6 is 0 Å². The van der Waals surface area contributed by atoms with E-state index >= 15 is 0 Å². The van der Waals surface area contributed by atoms with Crippen molar-refractivity contribution in [2.45, 2.75) is 18.9 Å². The molecule has 2 aromatic rings. The van der Waals surface area contributed by atoms with Gasteiger partial charge in [-0.2, -0.15) is 0 Å². The summed E-state index contributed by atoms with van der Waals surface area (Å²) in [7, 11) is 0. The van der Waals surface area contributed by atoms with E-state index in [1.165, 1.54) is 0 Å². The molecule has 126 valence electrons. The fourth-order valence-electron chi connectivity index (χ4n) is 3.16. The van der Waals surface area contributed by atoms with Crippen LogP contribution in [0.5, 0.6) is 0 Å². The summed E-state index contributed by atoms with van der Waals surface area (Å²) >= 11 is 0. The molecule has 0 saturated carbocycles. The maximum absolute atomic E-state index is 13.3. The first-order chi connectivity index (χ1) is 11.6. The van der Waals surface area contributed by atoms with Crippen LogP contribution in [0.1, 0.15) is 34.8 Å². The Morgan fingerprint density at radius 2 is 1.67 bits per heavy atom. The third-order valence-electron chi connectivity index (χ3n) is 4.35. The zero-order valence-corrected chi connectivity index (χ0v) is 13.3. The van der Waals surface area contributed by atoms with Gasteiger partial charge in [0, 0.05) is 18.2 Å². The highest BCUT2D eigenvalue weighted by molar-refractivity contribution is 5.94. The van der Waals surface area contributed by atoms with Gasteiger partial charge < -0.3 is 5.32 Å². The Morgan fingerprint density at radius 3 is 2.29 bits per heavy atom. The van der Waals surface area contributed by atoms with Gasteiger partial charge in [0.05, 0.1) is 6.04 Å². The summed E-state index contributed by atoms with van der Waals surface area (Å²) in [5.74, 6) is -1.97. The third kappa shape index (κ3) is 3.97. The molecule has 1 heterocycles. The summed E-state index contributed by atoms with van der Waals surface area (Å²) in [5, 5.41) is 2.81. The number of carbonyl (C=O) groups excluding carboxylic acids is 1. The van der Waals surface area contributed by atoms with Crippen molar-refractivity contribution in [1.82, 2.24) is 10.2 Å². The number of nitrogens with zero attached hydrogens (tertiary/aromatic N) is 1. The normalized spacial score (nSPS) is 16.1. The van der Waals surface area contributed by atoms with Gasteiger partial charge in [-0.15, -0.1) is 0 Å². The minimum absolute atomic E-state index is 0.000679. The van der Waals surface area contributed by atoms with E-state index in [0.29, 0.717) is 6.54 Å². The van der Waals surface area contributed by atoms with Crippen molar-refractivity contribution in [2.24, 2.45) is 0 Å². The Hall–Kier alpha value is -2.27. The second kappa shape index (κ2) is 7.53. The zero-order valence-electron chi connectivity index (χ0n) is 13.3. The van der Waals surface area contributed by atoms with Gasteiger partial charge in [0.1, 0.15) is 11.6 Å². The molecule has 1 atom stereocenters. The van der Waals surface area contributed by atoms with Crippen molar-refractivity contribution in [2.75, 3.05) is 19.6 Å². The highest BCUT2D eigenvalue weighted by Crippen LogP contribution is 2.24. The summed E-state index contributed by atoms with van der Waals surface area (Å²) in [5.41, 5.74) is 1.13. The van der Waals surface area contributed by atoms with Crippen LogP contribution in [0.25, 0.3) is 0 Å². The maximum atomic E-state index is 13.3. The minimum atomic E-state index is -0.751. The van der Waals surface area contributed by atoms with Crippen LogP contribution in [-0.4, -0.2) is 30.4 Å². The lowest BCUT2D eigenvalue weighted by Gasteiger charge is -2.28. The van der Waals surface area contributed by atoms with E-state index in [0.717, 1.165) is 49.7 Å². The first kappa shape index (κ1) is 16.6. The molecule has 1 amide bonds. The zero-order chi connectivity index (χ0) is 16.9. The molecule has 2 aromatic carbocycles. The summed E-state index contributed by atoms with van der Waals surface area (Å²) in [6, 6.07) is 12.9. The highest BCUT2D eigenvalue weighted by atomic mass is 19.1. The molecule has 1 saturated heterocycles. The van der Waals surface area contributed by atoms with Gasteiger partial charge in [-0.05, 0) is 43.6 Å². The Balaban J connectivity index is 1.72. The predicted molar refractivity (Wildman–Crippen MR) is 88.7 cm³/mol. The number of amides is 1. The van der Waals surface area contributed by atoms with Gasteiger partial charge in [0.15, 0.2) is 0 Å². The van der Waals surface area contributed by atoms with E-state index in [-0.39, 0.29) is 11.6 Å². The molecule has 1 unspecified atom stereocenters. The summed E-state index contributed by atoms with van der Waals surface area (Å²) in [6.07, 6.45) is 2.29. The topological polar surface area (TPSA) is 32.3 Å². The molecule has 1 N–H and O–H groups in total. The molecule has 0 radical (unpaired) electrons. The lowest BCUT2D eigenvalue weighted by atomic mass is 10.1. The number of benzene rings is 2. The van der Waals surface area contributed by atoms with E-state index in [2.05, 4.69) is 10.2 Å². The van der Waals surface area contributed by atoms with Crippen LogP contribution in [-0.2, 0) is 0 Å². The van der Waals surface area contributed by atoms with E-state index < -0.39 is 17.5 Å². The molecule has 1 fully saturated rings. The molecule has 0 aromatic heterocycles. The first-order valence-corrected chi connectivity index (χ1v) is 8.17. The average molecular weight is 330 g/mol. The van der Waals surface area contributed by atoms with Crippen molar-refractivity contribution in [3.63, 3.8) is 0 Å². The number of nitrogens with one attached hydrogen (secondary N) is 1. The molecule has 3 nitrogen and oxygen atoms in total. The second-order valence-electron chi connectivity index (χ2n) is 6.04. The Bertz CT molecular complexity index is 680. The maximum Gasteiger partial charge on any atom is 0.251 e. The highest BCUT2D eigenvalue weighted by Gasteiger charge is 2.24. The van der Waals surface area contributed by atoms with Gasteiger partial charge in [-0.1, -0.05) is 30.3 Å². The minimum Gasteiger partial charge on any atom is -0.350 e. The van der Waals surface area contributed by atoms with Gasteiger partial charge in [0.2, 0.25) is 0 Å². The summed E-state index contributed by atoms with van der Waals surface area (Å²) in [6.45, 7) is 2.38. The van der Waals surface area contributed by atoms with Crippen molar-refractivity contribution in [3.05, 3.63) is 71.3 Å². The van der Waals surface area contributed by atoms with Crippen molar-refractivity contribution in [1.29, 1.82) is 0 Å². The molecule has 0 spiro atoms. The van der Waals surface area contributed by atoms with Crippen LogP contribution < -0.4 is 5.32 Å². The van der Waals surface area contributed by atoms with Gasteiger partial charge in [0.25, 0.3) is 5.91 Å². The molecule has 5 heteroatoms. The number of hydrogen-bond donors (Lipinski definition) is 1. The van der Waals surface area contributed by atoms with Crippen molar-refractivity contribution < 1.29 is 13.6 Å². The third-order valence-corrected chi connectivity index (χ3v) is 4.35. The first-order valence-electron chi connectivity index (χ1n) is 8.17. The number of likely N-dealkylation sites (tertiary alicyclic amines) is 1. The van der Waals surface area contributed by atoms with Gasteiger partial charge in [-0.3, -0.25) is 9.69 Å². The van der Waals surface area contributed by atoms with Crippen LogP contribution in [0.2, 0.25) is 0 Å². The lowest BCUT2D eigenvalue weighted by molar-refractivity contribution is 0.0937. The molecule has 0 bridgehead atoms. The molecule has 3 rings (SSSR count). The number of rotatable bonds is 5. The molecular weight excluding hydrogens is 310 g/mol. The van der Waals surface area contributed by atoms with Crippen LogP contribution in [0, 0.1) is 11.6 Å². The monoisotopic (exact) mass is 330 g/mol. The van der Waals surface area contributed by atoms with E-state index in [1.54, 1.807) is 0 Å². The largest absolute Gasteiger partial charge is 0.350 e. The second-order valence-corrected chi connectivity index (χ2v) is 6.04. The molecule has 24 heavy (non-hydrogen) atoms. The van der Waals surface area contributed by atoms with Crippen molar-refractivity contribution in [3.8, 4) is 0 Å². The molecule has 1 aliphatic heterocycles. The van der Waals surface area contributed by atoms with E-state index in [1.807, 2.05) is 30.3 Å². The number of carbonyl (C=O) groups is 1. The fraction of sp³-hybridized carbons (Fsp3) is 0.316. The number of halogens is 2. The van der Waals surface area contributed by atoms with E-state index in [9.17, 15) is 13.6 Å². The molecular formula is C19H20F2N2O. The summed E-state index contributed by atoms with van der Waals surface area (Å²) in [4.78, 5) is 14.6. The standard InChI is InChI=1S/C19H20F2N2O/c20-16-10-15(11-17(21)12-16)19(24)22-13-18(23-8-4-5-9-23)14-6-2-1-3-7-14/h1-3,6-7,10-12,18H,4-5,8-9,13H2,(H,22,24). The quantitative estimate of drug-likeness (QED) is 0.909. The predicted octanol–water partition coefficient (Wildman–Crippen LogP) is 3.53. The SMILES string of the molecule is O=C(NCC(c1ccccc1)N1CCCC1)c1cc(F)cc(F)c1. The molecule has 0 aliphatic carbocycles. The van der Waals surface area contributed by atoms with E-state index in [4.69, 9.17) is 0 Å². The van der Waals surface area contributed by atoms with Gasteiger partial charge >= 0.3 is 0 Å². The fourth-order valence-corrected chi connectivity index (χ4v) is 3.16. The molecule has 1 aliphatic rings.